The van der Waals surface area contributed by atoms with Gasteiger partial charge in [-0.15, -0.1) is 0 Å². The second-order valence-electron chi connectivity index (χ2n) is 4.32. The monoisotopic (exact) mass is 370 g/mol. The van der Waals surface area contributed by atoms with E-state index in [9.17, 15) is 18.5 Å². The minimum atomic E-state index is -3.87. The van der Waals surface area contributed by atoms with Crippen LogP contribution in [-0.4, -0.2) is 13.3 Å². The Hall–Kier alpha value is -1.93. The van der Waals surface area contributed by atoms with Crippen LogP contribution in [0.1, 0.15) is 5.56 Å². The first-order valence-electron chi connectivity index (χ1n) is 5.83. The fraction of sp³-hybridized carbons (Fsp3) is 0.0769. The molecular formula is C13H11BrN2O4S. The predicted octanol–water partition coefficient (Wildman–Crippen LogP) is 3.47. The van der Waals surface area contributed by atoms with Gasteiger partial charge in [0.15, 0.2) is 0 Å². The molecular weight excluding hydrogens is 360 g/mol. The van der Waals surface area contributed by atoms with Crippen molar-refractivity contribution in [2.75, 3.05) is 4.72 Å². The summed E-state index contributed by atoms with van der Waals surface area (Å²) in [5.74, 6) is 0. The van der Waals surface area contributed by atoms with Crippen LogP contribution < -0.4 is 4.72 Å². The molecule has 0 saturated heterocycles. The minimum absolute atomic E-state index is 0.155. The second-order valence-corrected chi connectivity index (χ2v) is 6.86. The summed E-state index contributed by atoms with van der Waals surface area (Å²) >= 11 is 3.33. The van der Waals surface area contributed by atoms with Gasteiger partial charge in [0.25, 0.3) is 15.7 Å². The number of nitrogens with one attached hydrogen (secondary N) is 1. The smallest absolute Gasteiger partial charge is 0.270 e. The molecule has 110 valence electrons. The molecule has 0 aliphatic carbocycles. The van der Waals surface area contributed by atoms with Crippen LogP contribution in [0.5, 0.6) is 0 Å². The Kier molecular flexibility index (Phi) is 4.29. The van der Waals surface area contributed by atoms with Gasteiger partial charge in [0.2, 0.25) is 0 Å². The van der Waals surface area contributed by atoms with Gasteiger partial charge >= 0.3 is 0 Å². The topological polar surface area (TPSA) is 89.3 Å². The highest BCUT2D eigenvalue weighted by Gasteiger charge is 2.17. The third kappa shape index (κ3) is 3.59. The molecule has 0 fully saturated rings. The molecule has 1 N–H and O–H groups in total. The van der Waals surface area contributed by atoms with Crippen LogP contribution in [-0.2, 0) is 10.0 Å². The molecule has 0 atom stereocenters. The standard InChI is InChI=1S/C13H11BrN2O4S/c1-9-7-10(5-6-13(9)14)15-21(19,20)12-4-2-3-11(8-12)16(17)18/h2-8,15H,1H3. The second kappa shape index (κ2) is 5.82. The molecule has 6 nitrogen and oxygen atoms in total. The highest BCUT2D eigenvalue weighted by Crippen LogP contribution is 2.23. The Morgan fingerprint density at radius 3 is 2.52 bits per heavy atom. The average Bonchev–Trinajstić information content (AvgIpc) is 2.43. The lowest BCUT2D eigenvalue weighted by molar-refractivity contribution is -0.385. The maximum Gasteiger partial charge on any atom is 0.270 e. The molecule has 2 aromatic rings. The molecule has 2 rings (SSSR count). The zero-order valence-corrected chi connectivity index (χ0v) is 13.3. The number of anilines is 1. The molecule has 0 saturated carbocycles. The Labute approximate surface area is 130 Å². The molecule has 0 radical (unpaired) electrons. The van der Waals surface area contributed by atoms with Crippen molar-refractivity contribution in [3.63, 3.8) is 0 Å². The Balaban J connectivity index is 2.36. The van der Waals surface area contributed by atoms with Crippen LogP contribution in [0.25, 0.3) is 0 Å². The van der Waals surface area contributed by atoms with Gasteiger partial charge in [0.05, 0.1) is 9.82 Å². The first-order chi connectivity index (χ1) is 9.79. The number of rotatable bonds is 4. The van der Waals surface area contributed by atoms with Crippen LogP contribution in [0.3, 0.4) is 0 Å². The molecule has 0 amide bonds. The van der Waals surface area contributed by atoms with Crippen LogP contribution in [0.2, 0.25) is 0 Å². The van der Waals surface area contributed by atoms with E-state index in [4.69, 9.17) is 0 Å². The van der Waals surface area contributed by atoms with Crippen molar-refractivity contribution in [3.05, 3.63) is 62.6 Å². The molecule has 8 heteroatoms. The average molecular weight is 371 g/mol. The van der Waals surface area contributed by atoms with Gasteiger partial charge in [0, 0.05) is 22.3 Å². The first-order valence-corrected chi connectivity index (χ1v) is 8.10. The zero-order chi connectivity index (χ0) is 15.6. The van der Waals surface area contributed by atoms with Gasteiger partial charge in [0.1, 0.15) is 0 Å². The van der Waals surface area contributed by atoms with Gasteiger partial charge in [-0.3, -0.25) is 14.8 Å². The largest absolute Gasteiger partial charge is 0.280 e. The Morgan fingerprint density at radius 2 is 1.90 bits per heavy atom. The fourth-order valence-corrected chi connectivity index (χ4v) is 3.02. The van der Waals surface area contributed by atoms with Gasteiger partial charge in [-0.1, -0.05) is 22.0 Å². The number of non-ortho nitro benzene ring substituents is 1. The maximum atomic E-state index is 12.2. The van der Waals surface area contributed by atoms with Crippen molar-refractivity contribution in [1.82, 2.24) is 0 Å². The number of sulfonamides is 1. The minimum Gasteiger partial charge on any atom is -0.280 e. The summed E-state index contributed by atoms with van der Waals surface area (Å²) in [5, 5.41) is 10.7. The van der Waals surface area contributed by atoms with Crippen molar-refractivity contribution >= 4 is 37.3 Å². The highest BCUT2D eigenvalue weighted by atomic mass is 79.9. The number of halogens is 1. The first kappa shape index (κ1) is 15.5. The van der Waals surface area contributed by atoms with Crippen LogP contribution in [0.4, 0.5) is 11.4 Å². The summed E-state index contributed by atoms with van der Waals surface area (Å²) < 4.78 is 27.7. The van der Waals surface area contributed by atoms with Gasteiger partial charge in [-0.05, 0) is 36.8 Å². The third-order valence-electron chi connectivity index (χ3n) is 2.75. The third-order valence-corrected chi connectivity index (χ3v) is 5.02. The summed E-state index contributed by atoms with van der Waals surface area (Å²) in [6.07, 6.45) is 0. The van der Waals surface area contributed by atoms with E-state index in [0.29, 0.717) is 5.69 Å². The number of nitro benzene ring substituents is 1. The van der Waals surface area contributed by atoms with Gasteiger partial charge in [-0.25, -0.2) is 8.42 Å². The van der Waals surface area contributed by atoms with E-state index in [2.05, 4.69) is 20.7 Å². The molecule has 0 aliphatic rings. The predicted molar refractivity (Wildman–Crippen MR) is 82.8 cm³/mol. The molecule has 0 aromatic heterocycles. The zero-order valence-electron chi connectivity index (χ0n) is 10.9. The van der Waals surface area contributed by atoms with Crippen molar-refractivity contribution in [2.45, 2.75) is 11.8 Å². The van der Waals surface area contributed by atoms with Crippen molar-refractivity contribution < 1.29 is 13.3 Å². The summed E-state index contributed by atoms with van der Waals surface area (Å²) in [5.41, 5.74) is 0.987. The van der Waals surface area contributed by atoms with Gasteiger partial charge < -0.3 is 0 Å². The van der Waals surface area contributed by atoms with E-state index >= 15 is 0 Å². The molecule has 0 heterocycles. The highest BCUT2D eigenvalue weighted by molar-refractivity contribution is 9.10. The number of hydrogen-bond acceptors (Lipinski definition) is 4. The molecule has 2 aromatic carbocycles. The SMILES string of the molecule is Cc1cc(NS(=O)(=O)c2cccc([N+](=O)[O-])c2)ccc1Br. The molecule has 0 bridgehead atoms. The summed E-state index contributed by atoms with van der Waals surface area (Å²) in [7, 11) is -3.87. The van der Waals surface area contributed by atoms with E-state index in [0.717, 1.165) is 16.1 Å². The molecule has 21 heavy (non-hydrogen) atoms. The van der Waals surface area contributed by atoms with E-state index < -0.39 is 14.9 Å². The summed E-state index contributed by atoms with van der Waals surface area (Å²) in [6, 6.07) is 9.89. The maximum absolute atomic E-state index is 12.2. The van der Waals surface area contributed by atoms with Crippen molar-refractivity contribution in [3.8, 4) is 0 Å². The molecule has 0 spiro atoms. The number of hydrogen-bond donors (Lipinski definition) is 1. The Morgan fingerprint density at radius 1 is 1.19 bits per heavy atom. The molecule has 0 aliphatic heterocycles. The summed E-state index contributed by atoms with van der Waals surface area (Å²) in [6.45, 7) is 1.83. The number of nitrogens with zero attached hydrogens (tertiary/aromatic N) is 1. The normalized spacial score (nSPS) is 11.1. The van der Waals surface area contributed by atoms with Crippen LogP contribution in [0, 0.1) is 17.0 Å². The Bertz CT molecular complexity index is 806. The lowest BCUT2D eigenvalue weighted by Gasteiger charge is -2.09. The quantitative estimate of drug-likeness (QED) is 0.658. The van der Waals surface area contributed by atoms with Crippen LogP contribution >= 0.6 is 15.9 Å². The van der Waals surface area contributed by atoms with Crippen molar-refractivity contribution in [1.29, 1.82) is 0 Å². The van der Waals surface area contributed by atoms with E-state index in [1.807, 2.05) is 6.92 Å². The summed E-state index contributed by atoms with van der Waals surface area (Å²) in [4.78, 5) is 9.91. The fourth-order valence-electron chi connectivity index (χ4n) is 1.69. The number of nitro groups is 1. The molecule has 0 unspecified atom stereocenters. The van der Waals surface area contributed by atoms with Gasteiger partial charge in [-0.2, -0.15) is 0 Å². The number of aryl methyl sites for hydroxylation is 1. The van der Waals surface area contributed by atoms with E-state index in [1.54, 1.807) is 18.2 Å². The lowest BCUT2D eigenvalue weighted by Crippen LogP contribution is -2.13. The van der Waals surface area contributed by atoms with E-state index in [1.165, 1.54) is 18.2 Å². The number of benzene rings is 2. The lowest BCUT2D eigenvalue weighted by atomic mass is 10.2. The van der Waals surface area contributed by atoms with Crippen molar-refractivity contribution in [2.24, 2.45) is 0 Å². The van der Waals surface area contributed by atoms with E-state index in [-0.39, 0.29) is 10.6 Å². The van der Waals surface area contributed by atoms with Crippen LogP contribution in [0.15, 0.2) is 51.8 Å².